The lowest BCUT2D eigenvalue weighted by atomic mass is 9.85. The lowest BCUT2D eigenvalue weighted by Crippen LogP contribution is -2.53. The first kappa shape index (κ1) is 22.6. The van der Waals surface area contributed by atoms with Gasteiger partial charge in [-0.15, -0.1) is 0 Å². The van der Waals surface area contributed by atoms with Crippen LogP contribution in [0.1, 0.15) is 47.5 Å². The summed E-state index contributed by atoms with van der Waals surface area (Å²) in [5.41, 5.74) is 1.68. The van der Waals surface area contributed by atoms with Crippen LogP contribution in [-0.2, 0) is 14.4 Å². The van der Waals surface area contributed by atoms with Crippen molar-refractivity contribution in [3.05, 3.63) is 30.3 Å². The van der Waals surface area contributed by atoms with Crippen molar-refractivity contribution >= 4 is 23.4 Å². The Hall–Kier alpha value is -2.41. The fourth-order valence-corrected chi connectivity index (χ4v) is 2.79. The molecular weight excluding hydrogens is 346 g/mol. The van der Waals surface area contributed by atoms with Gasteiger partial charge in [0, 0.05) is 18.0 Å². The Bertz CT molecular complexity index is 638. The molecule has 1 aromatic rings. The first-order valence-electron chi connectivity index (χ1n) is 9.13. The molecule has 0 aromatic heterocycles. The van der Waals surface area contributed by atoms with Gasteiger partial charge in [0.05, 0.1) is 0 Å². The van der Waals surface area contributed by atoms with Gasteiger partial charge >= 0.3 is 0 Å². The summed E-state index contributed by atoms with van der Waals surface area (Å²) in [6, 6.07) is 8.23. The normalized spacial score (nSPS) is 13.6. The number of hydroxylamine groups is 1. The standard InChI is InChI=1S/C20H31N3O4/c1-13(2)11-14(12-16(24)23-27)18(25)22-17(20(3,4)5)19(26)21-15-9-7-6-8-10-15/h6-10,13-14,17,27H,11-12H2,1-5H3,(H,21,26)(H,22,25)(H,23,24). The number of carbonyl (C=O) groups is 3. The molecule has 0 heterocycles. The highest BCUT2D eigenvalue weighted by Gasteiger charge is 2.35. The molecule has 0 aliphatic heterocycles. The number of nitrogens with one attached hydrogen (secondary N) is 3. The highest BCUT2D eigenvalue weighted by atomic mass is 16.5. The lowest BCUT2D eigenvalue weighted by Gasteiger charge is -2.32. The molecule has 0 saturated carbocycles. The van der Waals surface area contributed by atoms with Crippen LogP contribution in [0, 0.1) is 17.3 Å². The van der Waals surface area contributed by atoms with Crippen LogP contribution in [0.5, 0.6) is 0 Å². The first-order chi connectivity index (χ1) is 12.5. The average molecular weight is 377 g/mol. The smallest absolute Gasteiger partial charge is 0.247 e. The minimum absolute atomic E-state index is 0.141. The van der Waals surface area contributed by atoms with Crippen molar-refractivity contribution in [3.63, 3.8) is 0 Å². The molecule has 1 rings (SSSR count). The van der Waals surface area contributed by atoms with Crippen LogP contribution in [0.15, 0.2) is 30.3 Å². The fraction of sp³-hybridized carbons (Fsp3) is 0.550. The SMILES string of the molecule is CC(C)CC(CC(=O)NO)C(=O)NC(C(=O)Nc1ccccc1)C(C)(C)C. The van der Waals surface area contributed by atoms with Crippen LogP contribution >= 0.6 is 0 Å². The summed E-state index contributed by atoms with van der Waals surface area (Å²) in [5.74, 6) is -1.78. The number of para-hydroxylation sites is 1. The van der Waals surface area contributed by atoms with Crippen molar-refractivity contribution in [1.29, 1.82) is 0 Å². The van der Waals surface area contributed by atoms with E-state index in [2.05, 4.69) is 10.6 Å². The molecular formula is C20H31N3O4. The Morgan fingerprint density at radius 3 is 2.11 bits per heavy atom. The van der Waals surface area contributed by atoms with Crippen molar-refractivity contribution in [1.82, 2.24) is 10.8 Å². The zero-order chi connectivity index (χ0) is 20.6. The van der Waals surface area contributed by atoms with Gasteiger partial charge in [-0.1, -0.05) is 52.8 Å². The molecule has 0 radical (unpaired) electrons. The number of benzene rings is 1. The minimum Gasteiger partial charge on any atom is -0.344 e. The third kappa shape index (κ3) is 7.78. The second-order valence-corrected chi connectivity index (χ2v) is 8.23. The molecule has 0 spiro atoms. The molecule has 7 heteroatoms. The van der Waals surface area contributed by atoms with Crippen molar-refractivity contribution in [2.24, 2.45) is 17.3 Å². The largest absolute Gasteiger partial charge is 0.344 e. The first-order valence-corrected chi connectivity index (χ1v) is 9.13. The third-order valence-electron chi connectivity index (χ3n) is 4.14. The highest BCUT2D eigenvalue weighted by Crippen LogP contribution is 2.23. The minimum atomic E-state index is -0.781. The summed E-state index contributed by atoms with van der Waals surface area (Å²) in [7, 11) is 0. The Kier molecular flexibility index (Phi) is 8.43. The number of carbonyl (C=O) groups excluding carboxylic acids is 3. The number of amides is 3. The molecule has 27 heavy (non-hydrogen) atoms. The van der Waals surface area contributed by atoms with E-state index < -0.39 is 23.3 Å². The zero-order valence-corrected chi connectivity index (χ0v) is 16.7. The van der Waals surface area contributed by atoms with Gasteiger partial charge in [-0.05, 0) is 29.9 Å². The van der Waals surface area contributed by atoms with Crippen LogP contribution in [0.2, 0.25) is 0 Å². The molecule has 0 bridgehead atoms. The topological polar surface area (TPSA) is 108 Å². The van der Waals surface area contributed by atoms with Gasteiger partial charge in [0.2, 0.25) is 17.7 Å². The molecule has 7 nitrogen and oxygen atoms in total. The molecule has 2 atom stereocenters. The van der Waals surface area contributed by atoms with Gasteiger partial charge in [-0.2, -0.15) is 0 Å². The molecule has 150 valence electrons. The highest BCUT2D eigenvalue weighted by molar-refractivity contribution is 5.98. The van der Waals surface area contributed by atoms with Crippen molar-refractivity contribution < 1.29 is 19.6 Å². The second-order valence-electron chi connectivity index (χ2n) is 8.23. The maximum Gasteiger partial charge on any atom is 0.247 e. The van der Waals surface area contributed by atoms with Crippen molar-refractivity contribution in [2.45, 2.75) is 53.5 Å². The zero-order valence-electron chi connectivity index (χ0n) is 16.7. The molecule has 0 aliphatic carbocycles. The summed E-state index contributed by atoms with van der Waals surface area (Å²) in [5, 5.41) is 14.4. The number of anilines is 1. The van der Waals surface area contributed by atoms with Crippen LogP contribution in [0.4, 0.5) is 5.69 Å². The van der Waals surface area contributed by atoms with Crippen LogP contribution in [0.25, 0.3) is 0 Å². The van der Waals surface area contributed by atoms with E-state index in [1.807, 2.05) is 52.8 Å². The molecule has 1 aromatic carbocycles. The van der Waals surface area contributed by atoms with E-state index in [0.29, 0.717) is 12.1 Å². The van der Waals surface area contributed by atoms with Crippen LogP contribution in [0.3, 0.4) is 0 Å². The molecule has 0 saturated heterocycles. The second kappa shape index (κ2) is 10.1. The van der Waals surface area contributed by atoms with E-state index in [1.165, 1.54) is 0 Å². The van der Waals surface area contributed by atoms with Gasteiger partial charge in [-0.3, -0.25) is 19.6 Å². The molecule has 3 amide bonds. The lowest BCUT2D eigenvalue weighted by molar-refractivity contribution is -0.136. The number of rotatable bonds is 8. The quantitative estimate of drug-likeness (QED) is 0.413. The van der Waals surface area contributed by atoms with Gasteiger partial charge in [0.1, 0.15) is 6.04 Å². The van der Waals surface area contributed by atoms with Crippen LogP contribution < -0.4 is 16.1 Å². The van der Waals surface area contributed by atoms with E-state index in [0.717, 1.165) is 0 Å². The average Bonchev–Trinajstić information content (AvgIpc) is 2.58. The predicted octanol–water partition coefficient (Wildman–Crippen LogP) is 2.71. The predicted molar refractivity (Wildman–Crippen MR) is 104 cm³/mol. The summed E-state index contributed by atoms with van der Waals surface area (Å²) < 4.78 is 0. The van der Waals surface area contributed by atoms with E-state index in [4.69, 9.17) is 5.21 Å². The third-order valence-corrected chi connectivity index (χ3v) is 4.14. The van der Waals surface area contributed by atoms with E-state index in [-0.39, 0.29) is 24.2 Å². The molecule has 4 N–H and O–H groups in total. The monoisotopic (exact) mass is 377 g/mol. The van der Waals surface area contributed by atoms with E-state index >= 15 is 0 Å². The Balaban J connectivity index is 2.94. The maximum absolute atomic E-state index is 12.8. The van der Waals surface area contributed by atoms with Gasteiger partial charge in [0.15, 0.2) is 0 Å². The summed E-state index contributed by atoms with van der Waals surface area (Å²) in [4.78, 5) is 37.1. The molecule has 0 fully saturated rings. The van der Waals surface area contributed by atoms with Gasteiger partial charge in [0.25, 0.3) is 0 Å². The van der Waals surface area contributed by atoms with Crippen molar-refractivity contribution in [3.8, 4) is 0 Å². The number of hydrogen-bond acceptors (Lipinski definition) is 4. The summed E-state index contributed by atoms with van der Waals surface area (Å²) >= 11 is 0. The summed E-state index contributed by atoms with van der Waals surface area (Å²) in [6.45, 7) is 9.47. The van der Waals surface area contributed by atoms with Gasteiger partial charge in [-0.25, -0.2) is 5.48 Å². The fourth-order valence-electron chi connectivity index (χ4n) is 2.79. The molecule has 0 aliphatic rings. The Morgan fingerprint density at radius 2 is 1.63 bits per heavy atom. The Morgan fingerprint density at radius 1 is 1.04 bits per heavy atom. The summed E-state index contributed by atoms with van der Waals surface area (Å²) in [6.07, 6.45) is 0.327. The maximum atomic E-state index is 12.8. The van der Waals surface area contributed by atoms with E-state index in [9.17, 15) is 14.4 Å². The Labute approximate surface area is 160 Å². The van der Waals surface area contributed by atoms with Crippen molar-refractivity contribution in [2.75, 3.05) is 5.32 Å². The van der Waals surface area contributed by atoms with E-state index in [1.54, 1.807) is 17.6 Å². The van der Waals surface area contributed by atoms with Crippen LogP contribution in [-0.4, -0.2) is 29.0 Å². The van der Waals surface area contributed by atoms with Gasteiger partial charge < -0.3 is 10.6 Å². The molecule has 2 unspecified atom stereocenters. The number of hydrogen-bond donors (Lipinski definition) is 4.